The topological polar surface area (TPSA) is 102 Å². The molecule has 0 amide bonds. The van der Waals surface area contributed by atoms with Crippen LogP contribution in [-0.2, 0) is 17.8 Å². The predicted molar refractivity (Wildman–Crippen MR) is 104 cm³/mol. The maximum absolute atomic E-state index is 11.9. The molecule has 0 atom stereocenters. The number of carbonyl (C=O) groups is 1. The van der Waals surface area contributed by atoms with E-state index in [1.165, 1.54) is 14.2 Å². The number of aromatic nitrogens is 3. The van der Waals surface area contributed by atoms with Crippen molar-refractivity contribution in [1.29, 1.82) is 0 Å². The fraction of sp³-hybridized carbons (Fsp3) is 0.263. The van der Waals surface area contributed by atoms with Gasteiger partial charge in [-0.25, -0.2) is 4.79 Å². The molecule has 0 saturated carbocycles. The van der Waals surface area contributed by atoms with Gasteiger partial charge in [0, 0.05) is 19.8 Å². The number of carbonyl (C=O) groups excluding carboxylic acids is 1. The number of benzene rings is 1. The average molecular weight is 382 g/mol. The third-order valence-electron chi connectivity index (χ3n) is 4.15. The highest BCUT2D eigenvalue weighted by atomic mass is 16.5. The second-order valence-electron chi connectivity index (χ2n) is 5.85. The highest BCUT2D eigenvalue weighted by Crippen LogP contribution is 2.20. The lowest BCUT2D eigenvalue weighted by molar-refractivity contribution is 0.0597. The molecule has 146 valence electrons. The van der Waals surface area contributed by atoms with Crippen molar-refractivity contribution in [2.45, 2.75) is 13.1 Å². The van der Waals surface area contributed by atoms with Crippen LogP contribution in [-0.4, -0.2) is 47.8 Å². The van der Waals surface area contributed by atoms with Gasteiger partial charge in [-0.05, 0) is 29.8 Å². The fourth-order valence-corrected chi connectivity index (χ4v) is 2.72. The minimum Gasteiger partial charge on any atom is -0.496 e. The van der Waals surface area contributed by atoms with E-state index in [2.05, 4.69) is 25.8 Å². The van der Waals surface area contributed by atoms with Crippen LogP contribution < -0.4 is 15.4 Å². The molecule has 0 radical (unpaired) electrons. The van der Waals surface area contributed by atoms with Gasteiger partial charge in [-0.2, -0.15) is 0 Å². The van der Waals surface area contributed by atoms with Gasteiger partial charge in [-0.15, -0.1) is 10.2 Å². The zero-order valence-corrected chi connectivity index (χ0v) is 16.0. The highest BCUT2D eigenvalue weighted by Gasteiger charge is 2.13. The molecule has 1 aromatic carbocycles. The van der Waals surface area contributed by atoms with E-state index in [0.29, 0.717) is 30.4 Å². The summed E-state index contributed by atoms with van der Waals surface area (Å²) in [5.74, 6) is 1.40. The number of guanidine groups is 1. The number of nitrogens with zero attached hydrogens (tertiary/aromatic N) is 4. The molecule has 0 fully saturated rings. The molecule has 2 N–H and O–H groups in total. The van der Waals surface area contributed by atoms with Crippen LogP contribution in [0.2, 0.25) is 0 Å². The molecule has 3 rings (SSSR count). The third kappa shape index (κ3) is 4.20. The number of ether oxygens (including phenoxy) is 2. The van der Waals surface area contributed by atoms with Gasteiger partial charge in [-0.1, -0.05) is 12.1 Å². The van der Waals surface area contributed by atoms with E-state index in [1.54, 1.807) is 19.2 Å². The summed E-state index contributed by atoms with van der Waals surface area (Å²) in [4.78, 5) is 16.1. The Morgan fingerprint density at radius 1 is 1.14 bits per heavy atom. The van der Waals surface area contributed by atoms with Crippen LogP contribution >= 0.6 is 0 Å². The number of methoxy groups -OCH3 is 2. The van der Waals surface area contributed by atoms with Crippen LogP contribution in [0, 0.1) is 0 Å². The van der Waals surface area contributed by atoms with Crippen molar-refractivity contribution in [1.82, 2.24) is 25.2 Å². The predicted octanol–water partition coefficient (Wildman–Crippen LogP) is 1.39. The summed E-state index contributed by atoms with van der Waals surface area (Å²) in [6.45, 7) is 0.926. The monoisotopic (exact) mass is 382 g/mol. The minimum atomic E-state index is -0.445. The zero-order valence-electron chi connectivity index (χ0n) is 16.0. The molecule has 0 bridgehead atoms. The molecule has 2 heterocycles. The molecule has 9 nitrogen and oxygen atoms in total. The number of pyridine rings is 1. The molecule has 0 saturated heterocycles. The summed E-state index contributed by atoms with van der Waals surface area (Å²) in [6, 6.07) is 11.1. The Morgan fingerprint density at radius 2 is 1.96 bits per heavy atom. The lowest BCUT2D eigenvalue weighted by Gasteiger charge is -2.13. The molecule has 0 spiro atoms. The van der Waals surface area contributed by atoms with E-state index < -0.39 is 5.97 Å². The van der Waals surface area contributed by atoms with Gasteiger partial charge in [0.05, 0.1) is 20.8 Å². The summed E-state index contributed by atoms with van der Waals surface area (Å²) in [7, 11) is 4.54. The van der Waals surface area contributed by atoms with E-state index >= 15 is 0 Å². The smallest absolute Gasteiger partial charge is 0.341 e. The Kier molecular flexibility index (Phi) is 6.05. The van der Waals surface area contributed by atoms with Gasteiger partial charge in [0.2, 0.25) is 0 Å². The van der Waals surface area contributed by atoms with Gasteiger partial charge >= 0.3 is 5.97 Å². The van der Waals surface area contributed by atoms with Crippen LogP contribution in [0.4, 0.5) is 0 Å². The molecule has 0 unspecified atom stereocenters. The average Bonchev–Trinajstić information content (AvgIpc) is 3.16. The SMILES string of the molecule is CN=C(NCc1ccc(OC)c(C(=O)OC)c1)NCc1nnc2ccccn12. The first-order chi connectivity index (χ1) is 13.7. The maximum atomic E-state index is 11.9. The minimum absolute atomic E-state index is 0.377. The van der Waals surface area contributed by atoms with Gasteiger partial charge in [0.25, 0.3) is 0 Å². The second kappa shape index (κ2) is 8.85. The van der Waals surface area contributed by atoms with E-state index in [1.807, 2.05) is 34.9 Å². The number of hydrogen-bond acceptors (Lipinski definition) is 6. The third-order valence-corrected chi connectivity index (χ3v) is 4.15. The van der Waals surface area contributed by atoms with Crippen molar-refractivity contribution in [3.63, 3.8) is 0 Å². The van der Waals surface area contributed by atoms with Gasteiger partial charge < -0.3 is 20.1 Å². The normalized spacial score (nSPS) is 11.3. The molecular weight excluding hydrogens is 360 g/mol. The summed E-state index contributed by atoms with van der Waals surface area (Å²) >= 11 is 0. The van der Waals surface area contributed by atoms with Crippen LogP contribution in [0.1, 0.15) is 21.7 Å². The van der Waals surface area contributed by atoms with Crippen LogP contribution in [0.25, 0.3) is 5.65 Å². The number of hydrogen-bond donors (Lipinski definition) is 2. The first kappa shape index (κ1) is 19.2. The molecular formula is C19H22N6O3. The number of nitrogens with one attached hydrogen (secondary N) is 2. The zero-order chi connectivity index (χ0) is 19.9. The van der Waals surface area contributed by atoms with Crippen molar-refractivity contribution in [3.05, 3.63) is 59.5 Å². The maximum Gasteiger partial charge on any atom is 0.341 e. The van der Waals surface area contributed by atoms with E-state index in [-0.39, 0.29) is 0 Å². The second-order valence-corrected chi connectivity index (χ2v) is 5.85. The highest BCUT2D eigenvalue weighted by molar-refractivity contribution is 5.92. The van der Waals surface area contributed by atoms with Crippen LogP contribution in [0.3, 0.4) is 0 Å². The van der Waals surface area contributed by atoms with E-state index in [9.17, 15) is 4.79 Å². The molecule has 2 aromatic heterocycles. The first-order valence-corrected chi connectivity index (χ1v) is 8.64. The summed E-state index contributed by atoms with van der Waals surface area (Å²) in [6.07, 6.45) is 1.91. The standard InChI is InChI=1S/C19H22N6O3/c1-20-19(22-12-17-24-23-16-6-4-5-9-25(16)17)21-11-13-7-8-15(27-2)14(10-13)18(26)28-3/h4-10H,11-12H2,1-3H3,(H2,20,21,22). The lowest BCUT2D eigenvalue weighted by Crippen LogP contribution is -2.36. The molecule has 0 aliphatic heterocycles. The van der Waals surface area contributed by atoms with E-state index in [4.69, 9.17) is 9.47 Å². The van der Waals surface area contributed by atoms with Crippen molar-refractivity contribution in [2.75, 3.05) is 21.3 Å². The number of aliphatic imine (C=N–C) groups is 1. The Labute approximate surface area is 162 Å². The Balaban J connectivity index is 1.63. The van der Waals surface area contributed by atoms with E-state index in [0.717, 1.165) is 17.0 Å². The molecule has 0 aliphatic rings. The first-order valence-electron chi connectivity index (χ1n) is 8.64. The molecule has 9 heteroatoms. The summed E-state index contributed by atoms with van der Waals surface area (Å²) < 4.78 is 11.9. The quantitative estimate of drug-likeness (QED) is 0.377. The van der Waals surface area contributed by atoms with Gasteiger partial charge in [0.15, 0.2) is 17.4 Å². The number of fused-ring (bicyclic) bond motifs is 1. The summed E-state index contributed by atoms with van der Waals surface area (Å²) in [5, 5.41) is 14.7. The summed E-state index contributed by atoms with van der Waals surface area (Å²) in [5.41, 5.74) is 2.05. The Hall–Kier alpha value is -3.62. The van der Waals surface area contributed by atoms with Crippen molar-refractivity contribution in [3.8, 4) is 5.75 Å². The number of rotatable bonds is 6. The van der Waals surface area contributed by atoms with Gasteiger partial charge in [0.1, 0.15) is 11.3 Å². The van der Waals surface area contributed by atoms with Crippen molar-refractivity contribution < 1.29 is 14.3 Å². The lowest BCUT2D eigenvalue weighted by atomic mass is 10.1. The van der Waals surface area contributed by atoms with Gasteiger partial charge in [-0.3, -0.25) is 9.39 Å². The number of esters is 1. The van der Waals surface area contributed by atoms with Crippen molar-refractivity contribution >= 4 is 17.6 Å². The van der Waals surface area contributed by atoms with Crippen molar-refractivity contribution in [2.24, 2.45) is 4.99 Å². The molecule has 0 aliphatic carbocycles. The Bertz CT molecular complexity index is 998. The van der Waals surface area contributed by atoms with Crippen LogP contribution in [0.5, 0.6) is 5.75 Å². The molecule has 28 heavy (non-hydrogen) atoms. The largest absolute Gasteiger partial charge is 0.496 e. The van der Waals surface area contributed by atoms with Crippen LogP contribution in [0.15, 0.2) is 47.6 Å². The Morgan fingerprint density at radius 3 is 2.71 bits per heavy atom. The fourth-order valence-electron chi connectivity index (χ4n) is 2.72. The molecule has 3 aromatic rings.